The molecule has 0 unspecified atom stereocenters. The SMILES string of the molecule is CCNC(=O)N1CCC(Nc2cccc(CN(CC)C(C)=O)c2)CC1. The number of likely N-dealkylation sites (tertiary alicyclic amines) is 1. The van der Waals surface area contributed by atoms with E-state index in [9.17, 15) is 9.59 Å². The van der Waals surface area contributed by atoms with Crippen molar-refractivity contribution in [3.05, 3.63) is 29.8 Å². The van der Waals surface area contributed by atoms with Gasteiger partial charge in [0.1, 0.15) is 0 Å². The predicted octanol–water partition coefficient (Wildman–Crippen LogP) is 2.66. The topological polar surface area (TPSA) is 64.7 Å². The third-order valence-electron chi connectivity index (χ3n) is 4.61. The van der Waals surface area contributed by atoms with Crippen molar-refractivity contribution < 1.29 is 9.59 Å². The monoisotopic (exact) mass is 346 g/mol. The van der Waals surface area contributed by atoms with Gasteiger partial charge in [0.2, 0.25) is 5.91 Å². The van der Waals surface area contributed by atoms with E-state index in [0.717, 1.165) is 37.2 Å². The maximum Gasteiger partial charge on any atom is 0.317 e. The summed E-state index contributed by atoms with van der Waals surface area (Å²) in [4.78, 5) is 27.1. The van der Waals surface area contributed by atoms with Gasteiger partial charge in [0.05, 0.1) is 0 Å². The zero-order valence-corrected chi connectivity index (χ0v) is 15.5. The quantitative estimate of drug-likeness (QED) is 0.832. The van der Waals surface area contributed by atoms with Crippen LogP contribution in [0, 0.1) is 0 Å². The molecule has 1 aliphatic heterocycles. The summed E-state index contributed by atoms with van der Waals surface area (Å²) in [6.07, 6.45) is 1.88. The Bertz CT molecular complexity index is 583. The molecule has 0 aromatic heterocycles. The highest BCUT2D eigenvalue weighted by molar-refractivity contribution is 5.74. The average molecular weight is 346 g/mol. The smallest absolute Gasteiger partial charge is 0.317 e. The van der Waals surface area contributed by atoms with Gasteiger partial charge in [-0.3, -0.25) is 4.79 Å². The summed E-state index contributed by atoms with van der Waals surface area (Å²) in [5, 5.41) is 6.43. The molecule has 6 heteroatoms. The molecule has 3 amide bonds. The van der Waals surface area contributed by atoms with E-state index >= 15 is 0 Å². The summed E-state index contributed by atoms with van der Waals surface area (Å²) in [6, 6.07) is 8.65. The minimum Gasteiger partial charge on any atom is -0.382 e. The van der Waals surface area contributed by atoms with E-state index in [1.54, 1.807) is 6.92 Å². The van der Waals surface area contributed by atoms with E-state index < -0.39 is 0 Å². The van der Waals surface area contributed by atoms with E-state index in [-0.39, 0.29) is 11.9 Å². The fourth-order valence-electron chi connectivity index (χ4n) is 3.15. The van der Waals surface area contributed by atoms with Crippen LogP contribution < -0.4 is 10.6 Å². The van der Waals surface area contributed by atoms with Gasteiger partial charge in [-0.1, -0.05) is 12.1 Å². The van der Waals surface area contributed by atoms with Crippen molar-refractivity contribution in [2.24, 2.45) is 0 Å². The Morgan fingerprint density at radius 3 is 2.56 bits per heavy atom. The second kappa shape index (κ2) is 9.30. The number of anilines is 1. The summed E-state index contributed by atoms with van der Waals surface area (Å²) in [7, 11) is 0. The lowest BCUT2D eigenvalue weighted by Crippen LogP contribution is -2.46. The second-order valence-corrected chi connectivity index (χ2v) is 6.47. The second-order valence-electron chi connectivity index (χ2n) is 6.47. The van der Waals surface area contributed by atoms with Crippen LogP contribution in [-0.2, 0) is 11.3 Å². The van der Waals surface area contributed by atoms with Gasteiger partial charge in [0, 0.05) is 51.4 Å². The molecule has 1 saturated heterocycles. The number of nitrogens with one attached hydrogen (secondary N) is 2. The molecule has 2 rings (SSSR count). The molecule has 6 nitrogen and oxygen atoms in total. The fourth-order valence-corrected chi connectivity index (χ4v) is 3.15. The molecule has 1 heterocycles. The molecule has 0 bridgehead atoms. The van der Waals surface area contributed by atoms with Crippen molar-refractivity contribution in [3.8, 4) is 0 Å². The van der Waals surface area contributed by atoms with E-state index in [1.165, 1.54) is 0 Å². The first-order valence-corrected chi connectivity index (χ1v) is 9.17. The molecule has 25 heavy (non-hydrogen) atoms. The fraction of sp³-hybridized carbons (Fsp3) is 0.579. The molecule has 1 aromatic rings. The first-order valence-electron chi connectivity index (χ1n) is 9.17. The highest BCUT2D eigenvalue weighted by Gasteiger charge is 2.22. The third kappa shape index (κ3) is 5.66. The summed E-state index contributed by atoms with van der Waals surface area (Å²) in [5.41, 5.74) is 2.20. The largest absolute Gasteiger partial charge is 0.382 e. The molecule has 2 N–H and O–H groups in total. The van der Waals surface area contributed by atoms with Crippen LogP contribution in [0.1, 0.15) is 39.2 Å². The molecule has 1 aromatic carbocycles. The normalized spacial score (nSPS) is 14.9. The molecule has 0 aliphatic carbocycles. The Hall–Kier alpha value is -2.24. The highest BCUT2D eigenvalue weighted by atomic mass is 16.2. The molecule has 1 fully saturated rings. The summed E-state index contributed by atoms with van der Waals surface area (Å²) < 4.78 is 0. The number of carbonyl (C=O) groups is 2. The molecule has 0 spiro atoms. The molecular weight excluding hydrogens is 316 g/mol. The van der Waals surface area contributed by atoms with Crippen LogP contribution in [0.25, 0.3) is 0 Å². The lowest BCUT2D eigenvalue weighted by molar-refractivity contribution is -0.129. The van der Waals surface area contributed by atoms with E-state index in [2.05, 4.69) is 28.8 Å². The van der Waals surface area contributed by atoms with Crippen molar-refractivity contribution >= 4 is 17.6 Å². The van der Waals surface area contributed by atoms with Crippen LogP contribution in [0.15, 0.2) is 24.3 Å². The van der Waals surface area contributed by atoms with E-state index in [1.807, 2.05) is 29.7 Å². The van der Waals surface area contributed by atoms with Crippen molar-refractivity contribution in [1.82, 2.24) is 15.1 Å². The Morgan fingerprint density at radius 2 is 1.96 bits per heavy atom. The molecular formula is C19H30N4O2. The first-order chi connectivity index (χ1) is 12.0. The maximum atomic E-state index is 11.9. The standard InChI is InChI=1S/C19H30N4O2/c1-4-20-19(25)23-11-9-17(10-12-23)21-18-8-6-7-16(13-18)14-22(5-2)15(3)24/h6-8,13,17,21H,4-5,9-12,14H2,1-3H3,(H,20,25). The van der Waals surface area contributed by atoms with Crippen LogP contribution in [0.3, 0.4) is 0 Å². The number of nitrogens with zero attached hydrogens (tertiary/aromatic N) is 2. The summed E-state index contributed by atoms with van der Waals surface area (Å²) in [5.74, 6) is 0.0959. The van der Waals surface area contributed by atoms with Gasteiger partial charge in [-0.2, -0.15) is 0 Å². The number of amides is 3. The average Bonchev–Trinajstić information content (AvgIpc) is 2.60. The van der Waals surface area contributed by atoms with Gasteiger partial charge in [-0.05, 0) is 44.4 Å². The van der Waals surface area contributed by atoms with Crippen LogP contribution in [0.5, 0.6) is 0 Å². The Morgan fingerprint density at radius 1 is 1.24 bits per heavy atom. The molecule has 0 radical (unpaired) electrons. The van der Waals surface area contributed by atoms with Gasteiger partial charge in [0.25, 0.3) is 0 Å². The van der Waals surface area contributed by atoms with Crippen LogP contribution >= 0.6 is 0 Å². The number of benzene rings is 1. The number of rotatable bonds is 6. The zero-order valence-electron chi connectivity index (χ0n) is 15.5. The summed E-state index contributed by atoms with van der Waals surface area (Å²) in [6.45, 7) is 9.10. The highest BCUT2D eigenvalue weighted by Crippen LogP contribution is 2.18. The minimum absolute atomic E-state index is 0.0341. The van der Waals surface area contributed by atoms with Crippen molar-refractivity contribution in [1.29, 1.82) is 0 Å². The van der Waals surface area contributed by atoms with Crippen LogP contribution in [0.4, 0.5) is 10.5 Å². The van der Waals surface area contributed by atoms with Crippen molar-refractivity contribution in [2.45, 2.75) is 46.2 Å². The van der Waals surface area contributed by atoms with Gasteiger partial charge in [-0.25, -0.2) is 4.79 Å². The van der Waals surface area contributed by atoms with Gasteiger partial charge < -0.3 is 20.4 Å². The Balaban J connectivity index is 1.88. The van der Waals surface area contributed by atoms with Crippen LogP contribution in [-0.4, -0.2) is 54.0 Å². The van der Waals surface area contributed by atoms with Gasteiger partial charge in [0.15, 0.2) is 0 Å². The number of hydrogen-bond donors (Lipinski definition) is 2. The van der Waals surface area contributed by atoms with E-state index in [4.69, 9.17) is 0 Å². The van der Waals surface area contributed by atoms with Gasteiger partial charge >= 0.3 is 6.03 Å². The predicted molar refractivity (Wildman–Crippen MR) is 100 cm³/mol. The Kier molecular flexibility index (Phi) is 7.10. The van der Waals surface area contributed by atoms with E-state index in [0.29, 0.717) is 25.7 Å². The van der Waals surface area contributed by atoms with Crippen molar-refractivity contribution in [3.63, 3.8) is 0 Å². The first kappa shape index (κ1) is 19.1. The maximum absolute atomic E-state index is 11.9. The van der Waals surface area contributed by atoms with Crippen molar-refractivity contribution in [2.75, 3.05) is 31.5 Å². The number of hydrogen-bond acceptors (Lipinski definition) is 3. The zero-order chi connectivity index (χ0) is 18.2. The molecule has 138 valence electrons. The number of piperidine rings is 1. The number of carbonyl (C=O) groups excluding carboxylic acids is 2. The third-order valence-corrected chi connectivity index (χ3v) is 4.61. The lowest BCUT2D eigenvalue weighted by atomic mass is 10.0. The van der Waals surface area contributed by atoms with Gasteiger partial charge in [-0.15, -0.1) is 0 Å². The number of urea groups is 1. The minimum atomic E-state index is 0.0341. The summed E-state index contributed by atoms with van der Waals surface area (Å²) >= 11 is 0. The van der Waals surface area contributed by atoms with Crippen LogP contribution in [0.2, 0.25) is 0 Å². The molecule has 1 aliphatic rings. The Labute approximate surface area is 150 Å². The molecule has 0 atom stereocenters. The molecule has 0 saturated carbocycles. The lowest BCUT2D eigenvalue weighted by Gasteiger charge is -2.33.